The Bertz CT molecular complexity index is 541. The number of carbonyl (C=O) groups is 2. The number of anilines is 1. The number of benzene rings is 1. The van der Waals surface area contributed by atoms with Crippen LogP contribution in [0.1, 0.15) is 20.3 Å². The van der Waals surface area contributed by atoms with E-state index in [1.807, 2.05) is 0 Å². The van der Waals surface area contributed by atoms with Gasteiger partial charge in [-0.05, 0) is 32.0 Å². The van der Waals surface area contributed by atoms with Gasteiger partial charge in [-0.15, -0.1) is 0 Å². The van der Waals surface area contributed by atoms with Crippen molar-refractivity contribution in [1.29, 1.82) is 0 Å². The lowest BCUT2D eigenvalue weighted by Crippen LogP contribution is -2.53. The molecule has 1 amide bonds. The molecule has 0 atom stereocenters. The van der Waals surface area contributed by atoms with E-state index in [0.29, 0.717) is 16.5 Å². The molecule has 5 nitrogen and oxygen atoms in total. The fraction of sp³-hybridized carbons (Fsp3) is 0.385. The molecule has 1 heterocycles. The Balaban J connectivity index is 2.41. The molecule has 6 heteroatoms. The van der Waals surface area contributed by atoms with Gasteiger partial charge in [-0.25, -0.2) is 0 Å². The van der Waals surface area contributed by atoms with E-state index in [1.54, 1.807) is 32.0 Å². The van der Waals surface area contributed by atoms with Crippen LogP contribution >= 0.6 is 11.6 Å². The normalized spacial score (nSPS) is 16.8. The summed E-state index contributed by atoms with van der Waals surface area (Å²) in [6.45, 7) is 3.40. The number of carboxylic acid groups (broad SMARTS) is 1. The quantitative estimate of drug-likeness (QED) is 0.924. The maximum Gasteiger partial charge on any atom is 0.305 e. The molecule has 102 valence electrons. The molecule has 1 N–H and O–H groups in total. The first-order valence-corrected chi connectivity index (χ1v) is 6.21. The minimum absolute atomic E-state index is 0.0916. The molecule has 0 bridgehead atoms. The molecule has 1 aliphatic heterocycles. The summed E-state index contributed by atoms with van der Waals surface area (Å²) in [7, 11) is 0. The molecule has 0 saturated heterocycles. The third-order valence-corrected chi connectivity index (χ3v) is 3.12. The molecule has 0 unspecified atom stereocenters. The first-order valence-electron chi connectivity index (χ1n) is 5.83. The number of fused-ring (bicyclic) bond motifs is 1. The zero-order valence-electron chi connectivity index (χ0n) is 10.6. The van der Waals surface area contributed by atoms with Crippen molar-refractivity contribution < 1.29 is 19.4 Å². The molecule has 0 saturated carbocycles. The van der Waals surface area contributed by atoms with Gasteiger partial charge >= 0.3 is 5.97 Å². The Morgan fingerprint density at radius 2 is 2.16 bits per heavy atom. The maximum atomic E-state index is 12.3. The number of carbonyl (C=O) groups excluding carboxylic acids is 1. The Morgan fingerprint density at radius 3 is 2.79 bits per heavy atom. The summed E-state index contributed by atoms with van der Waals surface area (Å²) in [6.07, 6.45) is -0.131. The van der Waals surface area contributed by atoms with E-state index in [-0.39, 0.29) is 18.9 Å². The van der Waals surface area contributed by atoms with Gasteiger partial charge in [0.15, 0.2) is 5.60 Å². The Morgan fingerprint density at radius 1 is 1.47 bits per heavy atom. The molecular formula is C13H14ClNO4. The fourth-order valence-electron chi connectivity index (χ4n) is 1.97. The molecule has 2 rings (SSSR count). The van der Waals surface area contributed by atoms with Crippen LogP contribution in [0.15, 0.2) is 18.2 Å². The number of rotatable bonds is 3. The van der Waals surface area contributed by atoms with Crippen molar-refractivity contribution in [3.8, 4) is 5.75 Å². The summed E-state index contributed by atoms with van der Waals surface area (Å²) in [5, 5.41) is 9.24. The van der Waals surface area contributed by atoms with Gasteiger partial charge < -0.3 is 14.7 Å². The van der Waals surface area contributed by atoms with Gasteiger partial charge in [0.25, 0.3) is 5.91 Å². The van der Waals surface area contributed by atoms with Crippen molar-refractivity contribution in [2.24, 2.45) is 0 Å². The van der Waals surface area contributed by atoms with Gasteiger partial charge in [-0.3, -0.25) is 9.59 Å². The van der Waals surface area contributed by atoms with Gasteiger partial charge in [0.05, 0.1) is 12.1 Å². The van der Waals surface area contributed by atoms with Gasteiger partial charge in [0.1, 0.15) is 5.75 Å². The molecule has 0 aromatic heterocycles. The monoisotopic (exact) mass is 283 g/mol. The minimum atomic E-state index is -1.01. The Kier molecular flexibility index (Phi) is 3.41. The van der Waals surface area contributed by atoms with Crippen molar-refractivity contribution in [2.45, 2.75) is 25.9 Å². The van der Waals surface area contributed by atoms with E-state index < -0.39 is 11.6 Å². The van der Waals surface area contributed by atoms with E-state index in [4.69, 9.17) is 21.4 Å². The van der Waals surface area contributed by atoms with Crippen LogP contribution < -0.4 is 9.64 Å². The standard InChI is InChI=1S/C13H14ClNO4/c1-13(2)12(18)15(6-5-11(16)17)9-7-8(14)3-4-10(9)19-13/h3-4,7H,5-6H2,1-2H3,(H,16,17). The summed E-state index contributed by atoms with van der Waals surface area (Å²) in [4.78, 5) is 24.4. The average molecular weight is 284 g/mol. The lowest BCUT2D eigenvalue weighted by molar-refractivity contribution is -0.137. The number of ether oxygens (including phenoxy) is 1. The number of hydrogen-bond acceptors (Lipinski definition) is 3. The van der Waals surface area contributed by atoms with Crippen molar-refractivity contribution in [3.05, 3.63) is 23.2 Å². The Hall–Kier alpha value is -1.75. The number of hydrogen-bond donors (Lipinski definition) is 1. The summed E-state index contributed by atoms with van der Waals surface area (Å²) in [6, 6.07) is 4.95. The average Bonchev–Trinajstić information content (AvgIpc) is 2.30. The lowest BCUT2D eigenvalue weighted by Gasteiger charge is -2.38. The van der Waals surface area contributed by atoms with Crippen LogP contribution in [0.5, 0.6) is 5.75 Å². The summed E-state index contributed by atoms with van der Waals surface area (Å²) in [5.41, 5.74) is -0.502. The molecule has 19 heavy (non-hydrogen) atoms. The van der Waals surface area contributed by atoms with E-state index >= 15 is 0 Å². The number of carboxylic acids is 1. The second-order valence-corrected chi connectivity index (χ2v) is 5.26. The molecular weight excluding hydrogens is 270 g/mol. The molecule has 0 fully saturated rings. The SMILES string of the molecule is CC1(C)Oc2ccc(Cl)cc2N(CCC(=O)O)C1=O. The number of halogens is 1. The van der Waals surface area contributed by atoms with Crippen LogP contribution in [0.25, 0.3) is 0 Å². The first kappa shape index (κ1) is 13.7. The second-order valence-electron chi connectivity index (χ2n) is 4.82. The highest BCUT2D eigenvalue weighted by molar-refractivity contribution is 6.31. The molecule has 1 aliphatic rings. The molecule has 0 aliphatic carbocycles. The highest BCUT2D eigenvalue weighted by Crippen LogP contribution is 2.39. The first-order chi connectivity index (χ1) is 8.81. The van der Waals surface area contributed by atoms with Gasteiger partial charge in [-0.1, -0.05) is 11.6 Å². The number of aliphatic carboxylic acids is 1. The molecule has 0 spiro atoms. The van der Waals surface area contributed by atoms with Gasteiger partial charge in [0.2, 0.25) is 0 Å². The zero-order chi connectivity index (χ0) is 14.2. The smallest absolute Gasteiger partial charge is 0.305 e. The van der Waals surface area contributed by atoms with Crippen LogP contribution in [0.3, 0.4) is 0 Å². The third-order valence-electron chi connectivity index (χ3n) is 2.89. The van der Waals surface area contributed by atoms with Gasteiger partial charge in [-0.2, -0.15) is 0 Å². The van der Waals surface area contributed by atoms with E-state index in [1.165, 1.54) is 4.90 Å². The predicted molar refractivity (Wildman–Crippen MR) is 70.8 cm³/mol. The van der Waals surface area contributed by atoms with Crippen LogP contribution in [0, 0.1) is 0 Å². The van der Waals surface area contributed by atoms with Crippen molar-refractivity contribution >= 4 is 29.2 Å². The summed E-state index contributed by atoms with van der Waals surface area (Å²) < 4.78 is 5.63. The minimum Gasteiger partial charge on any atom is -0.481 e. The van der Waals surface area contributed by atoms with Crippen LogP contribution in [0.2, 0.25) is 5.02 Å². The highest BCUT2D eigenvalue weighted by Gasteiger charge is 2.40. The van der Waals surface area contributed by atoms with Crippen molar-refractivity contribution in [3.63, 3.8) is 0 Å². The van der Waals surface area contributed by atoms with Crippen LogP contribution in [0.4, 0.5) is 5.69 Å². The van der Waals surface area contributed by atoms with Gasteiger partial charge in [0, 0.05) is 11.6 Å². The fourth-order valence-corrected chi connectivity index (χ4v) is 2.14. The number of nitrogens with zero attached hydrogens (tertiary/aromatic N) is 1. The molecule has 0 radical (unpaired) electrons. The van der Waals surface area contributed by atoms with Crippen molar-refractivity contribution in [1.82, 2.24) is 0 Å². The third kappa shape index (κ3) is 2.66. The predicted octanol–water partition coefficient (Wildman–Crippen LogP) is 2.32. The largest absolute Gasteiger partial charge is 0.481 e. The zero-order valence-corrected chi connectivity index (χ0v) is 11.4. The Labute approximate surface area is 115 Å². The van der Waals surface area contributed by atoms with E-state index in [9.17, 15) is 9.59 Å². The van der Waals surface area contributed by atoms with E-state index in [0.717, 1.165) is 0 Å². The van der Waals surface area contributed by atoms with E-state index in [2.05, 4.69) is 0 Å². The lowest BCUT2D eigenvalue weighted by atomic mass is 10.0. The second kappa shape index (κ2) is 4.74. The van der Waals surface area contributed by atoms with Crippen LogP contribution in [-0.4, -0.2) is 29.1 Å². The molecule has 1 aromatic rings. The molecule has 1 aromatic carbocycles. The van der Waals surface area contributed by atoms with Crippen molar-refractivity contribution in [2.75, 3.05) is 11.4 Å². The summed E-state index contributed by atoms with van der Waals surface area (Å²) >= 11 is 5.91. The number of amides is 1. The topological polar surface area (TPSA) is 66.8 Å². The van der Waals surface area contributed by atoms with Crippen LogP contribution in [-0.2, 0) is 9.59 Å². The highest BCUT2D eigenvalue weighted by atomic mass is 35.5. The summed E-state index contributed by atoms with van der Waals surface area (Å²) in [5.74, 6) is -0.705. The maximum absolute atomic E-state index is 12.3.